The van der Waals surface area contributed by atoms with Crippen molar-refractivity contribution < 1.29 is 4.79 Å². The molecule has 1 aliphatic rings. The zero-order valence-electron chi connectivity index (χ0n) is 9.33. The maximum absolute atomic E-state index is 11.0. The number of ketones is 1. The van der Waals surface area contributed by atoms with E-state index in [1.165, 1.54) is 23.5 Å². The van der Waals surface area contributed by atoms with Crippen LogP contribution in [0.3, 0.4) is 0 Å². The molecule has 0 saturated carbocycles. The highest BCUT2D eigenvalue weighted by Crippen LogP contribution is 2.36. The van der Waals surface area contributed by atoms with E-state index in [-0.39, 0.29) is 5.78 Å². The molecule has 2 rings (SSSR count). The van der Waals surface area contributed by atoms with Gasteiger partial charge in [0, 0.05) is 17.2 Å². The first-order valence-corrected chi connectivity index (χ1v) is 7.05. The van der Waals surface area contributed by atoms with Gasteiger partial charge in [0.25, 0.3) is 0 Å². The van der Waals surface area contributed by atoms with Gasteiger partial charge >= 0.3 is 0 Å². The van der Waals surface area contributed by atoms with Crippen LogP contribution >= 0.6 is 23.4 Å². The Hall–Kier alpha value is -0.470. The summed E-state index contributed by atoms with van der Waals surface area (Å²) in [5, 5.41) is 0.825. The van der Waals surface area contributed by atoms with Crippen molar-refractivity contribution in [2.24, 2.45) is 0 Å². The molecular weight excluding hydrogens is 240 g/mol. The van der Waals surface area contributed by atoms with Gasteiger partial charge in [0.05, 0.1) is 0 Å². The van der Waals surface area contributed by atoms with Gasteiger partial charge in [-0.15, -0.1) is 0 Å². The van der Waals surface area contributed by atoms with E-state index in [9.17, 15) is 4.79 Å². The van der Waals surface area contributed by atoms with E-state index in [0.717, 1.165) is 10.6 Å². The van der Waals surface area contributed by atoms with Gasteiger partial charge < -0.3 is 0 Å². The summed E-state index contributed by atoms with van der Waals surface area (Å²) in [5.41, 5.74) is 2.27. The fraction of sp³-hybridized carbons (Fsp3) is 0.462. The number of hydrogen-bond donors (Lipinski definition) is 0. The molecule has 0 N–H and O–H groups in total. The van der Waals surface area contributed by atoms with Gasteiger partial charge in [-0.25, -0.2) is 0 Å². The van der Waals surface area contributed by atoms with Gasteiger partial charge in [0.1, 0.15) is 5.78 Å². The summed E-state index contributed by atoms with van der Waals surface area (Å²) < 4.78 is 0. The third-order valence-corrected chi connectivity index (χ3v) is 4.38. The summed E-state index contributed by atoms with van der Waals surface area (Å²) in [5.74, 6) is 3.19. The van der Waals surface area contributed by atoms with Crippen molar-refractivity contribution in [3.63, 3.8) is 0 Å². The number of rotatable bonds is 3. The molecule has 0 spiro atoms. The van der Waals surface area contributed by atoms with E-state index in [1.807, 2.05) is 23.9 Å². The predicted molar refractivity (Wildman–Crippen MR) is 70.5 cm³/mol. The van der Waals surface area contributed by atoms with E-state index in [1.54, 1.807) is 6.92 Å². The Balaban J connectivity index is 2.18. The molecule has 1 fully saturated rings. The lowest BCUT2D eigenvalue weighted by molar-refractivity contribution is -0.116. The quantitative estimate of drug-likeness (QED) is 0.818. The largest absolute Gasteiger partial charge is 0.300 e. The van der Waals surface area contributed by atoms with E-state index < -0.39 is 0 Å². The van der Waals surface area contributed by atoms with Gasteiger partial charge in [0.15, 0.2) is 0 Å². The van der Waals surface area contributed by atoms with Crippen LogP contribution in [0.15, 0.2) is 18.2 Å². The molecule has 1 heterocycles. The molecule has 0 bridgehead atoms. The summed E-state index contributed by atoms with van der Waals surface area (Å²) in [6.07, 6.45) is 1.70. The van der Waals surface area contributed by atoms with Crippen molar-refractivity contribution in [2.45, 2.75) is 25.7 Å². The molecule has 1 saturated heterocycles. The molecule has 1 aliphatic heterocycles. The van der Waals surface area contributed by atoms with Crippen LogP contribution in [0.4, 0.5) is 0 Å². The Bertz CT molecular complexity index is 397. The van der Waals surface area contributed by atoms with Gasteiger partial charge in [-0.2, -0.15) is 11.8 Å². The highest BCUT2D eigenvalue weighted by Gasteiger charge is 2.19. The molecular formula is C13H15ClOS. The number of hydrogen-bond acceptors (Lipinski definition) is 2. The normalized spacial score (nSPS) is 20.0. The van der Waals surface area contributed by atoms with Crippen LogP contribution in [0.1, 0.15) is 30.4 Å². The predicted octanol–water partition coefficient (Wildman–Crippen LogP) is 3.69. The number of halogens is 1. The molecule has 0 amide bonds. The van der Waals surface area contributed by atoms with E-state index in [4.69, 9.17) is 11.6 Å². The summed E-state index contributed by atoms with van der Waals surface area (Å²) in [6, 6.07) is 6.07. The Kier molecular flexibility index (Phi) is 3.93. The van der Waals surface area contributed by atoms with Crippen molar-refractivity contribution in [1.29, 1.82) is 0 Å². The fourth-order valence-corrected chi connectivity index (χ4v) is 3.68. The molecule has 1 atom stereocenters. The minimum Gasteiger partial charge on any atom is -0.300 e. The molecule has 1 aromatic carbocycles. The first-order chi connectivity index (χ1) is 7.66. The number of carbonyl (C=O) groups excluding carboxylic acids is 1. The second kappa shape index (κ2) is 5.24. The fourth-order valence-electron chi connectivity index (χ4n) is 2.08. The lowest BCUT2D eigenvalue weighted by Crippen LogP contribution is -2.00. The highest BCUT2D eigenvalue weighted by atomic mass is 35.5. The standard InChI is InChI=1S/C13H15ClOS/c1-9(15)6-10-2-3-12(13(14)7-10)11-4-5-16-8-11/h2-3,7,11H,4-6,8H2,1H3. The zero-order valence-corrected chi connectivity index (χ0v) is 10.9. The van der Waals surface area contributed by atoms with E-state index in [2.05, 4.69) is 6.07 Å². The third-order valence-electron chi connectivity index (χ3n) is 2.89. The second-order valence-electron chi connectivity index (χ2n) is 4.30. The van der Waals surface area contributed by atoms with Crippen LogP contribution in [0.25, 0.3) is 0 Å². The minimum absolute atomic E-state index is 0.181. The molecule has 86 valence electrons. The highest BCUT2D eigenvalue weighted by molar-refractivity contribution is 7.99. The molecule has 1 aromatic rings. The monoisotopic (exact) mass is 254 g/mol. The number of benzene rings is 1. The molecule has 0 aliphatic carbocycles. The molecule has 1 nitrogen and oxygen atoms in total. The molecule has 3 heteroatoms. The zero-order chi connectivity index (χ0) is 11.5. The Morgan fingerprint density at radius 3 is 2.94 bits per heavy atom. The molecule has 16 heavy (non-hydrogen) atoms. The maximum atomic E-state index is 11.0. The van der Waals surface area contributed by atoms with Crippen LogP contribution in [-0.4, -0.2) is 17.3 Å². The Labute approximate surface area is 106 Å². The molecule has 1 unspecified atom stereocenters. The van der Waals surface area contributed by atoms with Crippen molar-refractivity contribution in [2.75, 3.05) is 11.5 Å². The van der Waals surface area contributed by atoms with E-state index in [0.29, 0.717) is 12.3 Å². The van der Waals surface area contributed by atoms with Gasteiger partial charge in [-0.3, -0.25) is 4.79 Å². The first kappa shape index (κ1) is 12.0. The average molecular weight is 255 g/mol. The lowest BCUT2D eigenvalue weighted by Gasteiger charge is -2.12. The Morgan fingerprint density at radius 2 is 2.38 bits per heavy atom. The van der Waals surface area contributed by atoms with Crippen LogP contribution in [-0.2, 0) is 11.2 Å². The SMILES string of the molecule is CC(=O)Cc1ccc(C2CCSC2)c(Cl)c1. The molecule has 0 aromatic heterocycles. The number of carbonyl (C=O) groups is 1. The van der Waals surface area contributed by atoms with E-state index >= 15 is 0 Å². The number of Topliss-reactive ketones (excluding diaryl/α,β-unsaturated/α-hetero) is 1. The van der Waals surface area contributed by atoms with Crippen molar-refractivity contribution in [3.8, 4) is 0 Å². The van der Waals surface area contributed by atoms with Crippen molar-refractivity contribution >= 4 is 29.1 Å². The van der Waals surface area contributed by atoms with Crippen LogP contribution < -0.4 is 0 Å². The van der Waals surface area contributed by atoms with Gasteiger partial charge in [-0.1, -0.05) is 23.7 Å². The minimum atomic E-state index is 0.181. The van der Waals surface area contributed by atoms with Gasteiger partial charge in [0.2, 0.25) is 0 Å². The topological polar surface area (TPSA) is 17.1 Å². The first-order valence-electron chi connectivity index (χ1n) is 5.52. The number of thioether (sulfide) groups is 1. The average Bonchev–Trinajstić information content (AvgIpc) is 2.69. The third kappa shape index (κ3) is 2.80. The lowest BCUT2D eigenvalue weighted by atomic mass is 9.96. The molecule has 0 radical (unpaired) electrons. The smallest absolute Gasteiger partial charge is 0.134 e. The summed E-state index contributed by atoms with van der Waals surface area (Å²) in [4.78, 5) is 11.0. The van der Waals surface area contributed by atoms with Gasteiger partial charge in [-0.05, 0) is 42.2 Å². The van der Waals surface area contributed by atoms with Crippen LogP contribution in [0.5, 0.6) is 0 Å². The maximum Gasteiger partial charge on any atom is 0.134 e. The second-order valence-corrected chi connectivity index (χ2v) is 5.85. The Morgan fingerprint density at radius 1 is 1.56 bits per heavy atom. The summed E-state index contributed by atoms with van der Waals surface area (Å²) in [7, 11) is 0. The van der Waals surface area contributed by atoms with Crippen molar-refractivity contribution in [3.05, 3.63) is 34.3 Å². The summed E-state index contributed by atoms with van der Waals surface area (Å²) in [6.45, 7) is 1.61. The van der Waals surface area contributed by atoms with Crippen LogP contribution in [0, 0.1) is 0 Å². The summed E-state index contributed by atoms with van der Waals surface area (Å²) >= 11 is 8.26. The van der Waals surface area contributed by atoms with Crippen LogP contribution in [0.2, 0.25) is 5.02 Å². The van der Waals surface area contributed by atoms with Crippen molar-refractivity contribution in [1.82, 2.24) is 0 Å².